The van der Waals surface area contributed by atoms with E-state index in [0.717, 1.165) is 10.1 Å². The predicted octanol–water partition coefficient (Wildman–Crippen LogP) is 4.94. The van der Waals surface area contributed by atoms with Gasteiger partial charge in [0.25, 0.3) is 17.6 Å². The lowest BCUT2D eigenvalue weighted by molar-refractivity contribution is -0.0640. The van der Waals surface area contributed by atoms with Crippen LogP contribution in [0.1, 0.15) is 47.9 Å². The van der Waals surface area contributed by atoms with E-state index in [1.165, 1.54) is 27.1 Å². The minimum atomic E-state index is -2.99. The van der Waals surface area contributed by atoms with E-state index in [2.05, 4.69) is 15.1 Å². The van der Waals surface area contributed by atoms with Crippen molar-refractivity contribution in [1.29, 1.82) is 0 Å². The van der Waals surface area contributed by atoms with Gasteiger partial charge in [0, 0.05) is 40.0 Å². The second-order valence-electron chi connectivity index (χ2n) is 7.38. The van der Waals surface area contributed by atoms with Crippen molar-refractivity contribution < 1.29 is 13.6 Å². The molecule has 1 amide bonds. The highest BCUT2D eigenvalue weighted by Gasteiger charge is 2.43. The SMILES string of the molecule is CC.Cc1cc(C2CN(C(=O)c3csc4ccccc34)CC(F)(F)C2)n2ncnc2n1. The van der Waals surface area contributed by atoms with Gasteiger partial charge in [-0.1, -0.05) is 32.0 Å². The smallest absolute Gasteiger partial charge is 0.266 e. The summed E-state index contributed by atoms with van der Waals surface area (Å²) in [6, 6.07) is 9.26. The summed E-state index contributed by atoms with van der Waals surface area (Å²) in [5.74, 6) is -3.56. The molecule has 6 nitrogen and oxygen atoms in total. The number of fused-ring (bicyclic) bond motifs is 2. The number of alkyl halides is 2. The fourth-order valence-electron chi connectivity index (χ4n) is 4.02. The topological polar surface area (TPSA) is 63.4 Å². The number of piperidine rings is 1. The van der Waals surface area contributed by atoms with E-state index in [0.29, 0.717) is 22.7 Å². The molecule has 1 unspecified atom stereocenters. The van der Waals surface area contributed by atoms with Gasteiger partial charge in [0.2, 0.25) is 0 Å². The molecule has 31 heavy (non-hydrogen) atoms. The van der Waals surface area contributed by atoms with E-state index >= 15 is 0 Å². The summed E-state index contributed by atoms with van der Waals surface area (Å²) < 4.78 is 31.8. The fraction of sp³-hybridized carbons (Fsp3) is 0.364. The first kappa shape index (κ1) is 21.3. The molecule has 5 rings (SSSR count). The van der Waals surface area contributed by atoms with Crippen LogP contribution in [0.4, 0.5) is 8.78 Å². The largest absolute Gasteiger partial charge is 0.332 e. The number of carbonyl (C=O) groups excluding carboxylic acids is 1. The van der Waals surface area contributed by atoms with Crippen molar-refractivity contribution in [2.45, 2.75) is 39.0 Å². The lowest BCUT2D eigenvalue weighted by atomic mass is 9.91. The number of carbonyl (C=O) groups is 1. The quantitative estimate of drug-likeness (QED) is 0.440. The van der Waals surface area contributed by atoms with Gasteiger partial charge in [0.15, 0.2) is 0 Å². The van der Waals surface area contributed by atoms with Crippen LogP contribution in [0.25, 0.3) is 15.9 Å². The van der Waals surface area contributed by atoms with Crippen molar-refractivity contribution in [1.82, 2.24) is 24.5 Å². The number of benzene rings is 1. The third-order valence-electron chi connectivity index (χ3n) is 5.23. The average Bonchev–Trinajstić information content (AvgIpc) is 3.39. The molecule has 1 saturated heterocycles. The summed E-state index contributed by atoms with van der Waals surface area (Å²) in [5.41, 5.74) is 1.74. The molecule has 0 N–H and O–H groups in total. The number of aromatic nitrogens is 4. The second-order valence-corrected chi connectivity index (χ2v) is 8.29. The number of hydrogen-bond acceptors (Lipinski definition) is 5. The van der Waals surface area contributed by atoms with E-state index < -0.39 is 18.4 Å². The molecular weight excluding hydrogens is 420 g/mol. The van der Waals surface area contributed by atoms with Gasteiger partial charge in [-0.3, -0.25) is 4.79 Å². The van der Waals surface area contributed by atoms with E-state index in [1.807, 2.05) is 38.1 Å². The molecule has 1 atom stereocenters. The fourth-order valence-corrected chi connectivity index (χ4v) is 4.95. The van der Waals surface area contributed by atoms with E-state index in [9.17, 15) is 13.6 Å². The van der Waals surface area contributed by atoms with Gasteiger partial charge >= 0.3 is 0 Å². The number of thiophene rings is 1. The van der Waals surface area contributed by atoms with E-state index in [4.69, 9.17) is 0 Å². The maximum Gasteiger partial charge on any atom is 0.266 e. The molecular formula is C22H23F2N5OS. The van der Waals surface area contributed by atoms with Gasteiger partial charge in [-0.25, -0.2) is 18.3 Å². The molecule has 9 heteroatoms. The van der Waals surface area contributed by atoms with Crippen molar-refractivity contribution in [3.8, 4) is 0 Å². The number of amides is 1. The van der Waals surface area contributed by atoms with Gasteiger partial charge in [0.05, 0.1) is 17.8 Å². The Bertz CT molecular complexity index is 1240. The van der Waals surface area contributed by atoms with Crippen LogP contribution < -0.4 is 0 Å². The van der Waals surface area contributed by atoms with Gasteiger partial charge < -0.3 is 4.90 Å². The summed E-state index contributed by atoms with van der Waals surface area (Å²) in [7, 11) is 0. The molecule has 1 fully saturated rings. The number of aryl methyl sites for hydroxylation is 1. The minimum absolute atomic E-state index is 0.191. The molecule has 1 aliphatic rings. The Morgan fingerprint density at radius 1 is 1.26 bits per heavy atom. The molecule has 1 aliphatic heterocycles. The summed E-state index contributed by atoms with van der Waals surface area (Å²) in [4.78, 5) is 22.8. The highest BCUT2D eigenvalue weighted by Crippen LogP contribution is 2.37. The van der Waals surface area contributed by atoms with Crippen LogP contribution in [-0.2, 0) is 0 Å². The predicted molar refractivity (Wildman–Crippen MR) is 117 cm³/mol. The summed E-state index contributed by atoms with van der Waals surface area (Å²) in [6.45, 7) is 5.40. The van der Waals surface area contributed by atoms with Crippen molar-refractivity contribution in [2.24, 2.45) is 0 Å². The summed E-state index contributed by atoms with van der Waals surface area (Å²) in [6.07, 6.45) is 1.01. The number of halogens is 2. The molecule has 4 aromatic rings. The number of likely N-dealkylation sites (tertiary alicyclic amines) is 1. The average molecular weight is 444 g/mol. The lowest BCUT2D eigenvalue weighted by Crippen LogP contribution is -2.49. The molecule has 0 spiro atoms. The molecule has 3 aromatic heterocycles. The van der Waals surface area contributed by atoms with Crippen molar-refractivity contribution in [3.05, 3.63) is 59.0 Å². The zero-order valence-corrected chi connectivity index (χ0v) is 18.4. The van der Waals surface area contributed by atoms with Crippen LogP contribution in [0, 0.1) is 6.92 Å². The third kappa shape index (κ3) is 4.01. The van der Waals surface area contributed by atoms with Crippen molar-refractivity contribution >= 4 is 33.1 Å². The molecule has 0 radical (unpaired) electrons. The lowest BCUT2D eigenvalue weighted by Gasteiger charge is -2.37. The first-order valence-corrected chi connectivity index (χ1v) is 11.1. The van der Waals surface area contributed by atoms with Gasteiger partial charge in [-0.2, -0.15) is 10.1 Å². The number of nitrogens with zero attached hydrogens (tertiary/aromatic N) is 5. The number of hydrogen-bond donors (Lipinski definition) is 0. The van der Waals surface area contributed by atoms with Crippen LogP contribution in [0.5, 0.6) is 0 Å². The Kier molecular flexibility index (Phi) is 5.70. The third-order valence-corrected chi connectivity index (χ3v) is 6.20. The van der Waals surface area contributed by atoms with Crippen LogP contribution >= 0.6 is 11.3 Å². The Labute approximate surface area is 182 Å². The highest BCUT2D eigenvalue weighted by molar-refractivity contribution is 7.17. The van der Waals surface area contributed by atoms with Crippen LogP contribution in [0.3, 0.4) is 0 Å². The molecule has 1 aromatic carbocycles. The van der Waals surface area contributed by atoms with Gasteiger partial charge in [0.1, 0.15) is 6.33 Å². The standard InChI is InChI=1S/C20H17F2N5OS.C2H6/c1-12-6-16(27-19(25-12)23-11-24-27)13-7-20(21,22)10-26(8-13)18(28)15-9-29-17-5-3-2-4-14(15)17;1-2/h2-6,9,11,13H,7-8,10H2,1H3;1-2H3. The Morgan fingerprint density at radius 2 is 2.03 bits per heavy atom. The van der Waals surface area contributed by atoms with Crippen LogP contribution in [0.15, 0.2) is 42.0 Å². The normalized spacial score (nSPS) is 18.1. The van der Waals surface area contributed by atoms with E-state index in [1.54, 1.807) is 18.4 Å². The van der Waals surface area contributed by atoms with Gasteiger partial charge in [-0.05, 0) is 19.1 Å². The van der Waals surface area contributed by atoms with Crippen LogP contribution in [0.2, 0.25) is 0 Å². The Hall–Kier alpha value is -2.94. The minimum Gasteiger partial charge on any atom is -0.332 e. The molecule has 4 heterocycles. The zero-order valence-electron chi connectivity index (χ0n) is 17.5. The molecule has 0 bridgehead atoms. The Morgan fingerprint density at radius 3 is 2.84 bits per heavy atom. The van der Waals surface area contributed by atoms with Crippen molar-refractivity contribution in [2.75, 3.05) is 13.1 Å². The maximum atomic E-state index is 14.7. The number of rotatable bonds is 2. The monoisotopic (exact) mass is 443 g/mol. The van der Waals surface area contributed by atoms with Gasteiger partial charge in [-0.15, -0.1) is 11.3 Å². The van der Waals surface area contributed by atoms with Crippen molar-refractivity contribution in [3.63, 3.8) is 0 Å². The molecule has 162 valence electrons. The first-order valence-electron chi connectivity index (χ1n) is 10.2. The summed E-state index contributed by atoms with van der Waals surface area (Å²) >= 11 is 1.44. The zero-order chi connectivity index (χ0) is 22.2. The maximum absolute atomic E-state index is 14.7. The molecule has 0 saturated carbocycles. The van der Waals surface area contributed by atoms with Crippen LogP contribution in [-0.4, -0.2) is 49.4 Å². The molecule has 0 aliphatic carbocycles. The first-order chi connectivity index (χ1) is 14.9. The van der Waals surface area contributed by atoms with E-state index in [-0.39, 0.29) is 18.9 Å². The second kappa shape index (κ2) is 8.30. The summed E-state index contributed by atoms with van der Waals surface area (Å²) in [5, 5.41) is 6.69. The Balaban J connectivity index is 0.00000112. The highest BCUT2D eigenvalue weighted by atomic mass is 32.1.